The van der Waals surface area contributed by atoms with Gasteiger partial charge in [0.2, 0.25) is 5.91 Å². The molecule has 0 heterocycles. The van der Waals surface area contributed by atoms with Gasteiger partial charge in [-0.2, -0.15) is 0 Å². The molecule has 0 unspecified atom stereocenters. The highest BCUT2D eigenvalue weighted by molar-refractivity contribution is 7.98. The van der Waals surface area contributed by atoms with Crippen molar-refractivity contribution in [2.24, 2.45) is 5.73 Å². The Morgan fingerprint density at radius 1 is 1.33 bits per heavy atom. The molecule has 7 heteroatoms. The van der Waals surface area contributed by atoms with Crippen LogP contribution in [0.1, 0.15) is 12.5 Å². The van der Waals surface area contributed by atoms with Gasteiger partial charge in [0, 0.05) is 18.5 Å². The summed E-state index contributed by atoms with van der Waals surface area (Å²) in [6.45, 7) is 2.17. The molecular formula is C14H23ClN2O3S. The summed E-state index contributed by atoms with van der Waals surface area (Å²) in [4.78, 5) is 14.5. The topological polar surface area (TPSA) is 64.8 Å². The Bertz CT molecular complexity index is 484. The lowest BCUT2D eigenvalue weighted by molar-refractivity contribution is -0.131. The molecule has 0 aliphatic heterocycles. The number of halogens is 1. The van der Waals surface area contributed by atoms with E-state index in [0.29, 0.717) is 18.0 Å². The number of ether oxygens (including phenoxy) is 2. The second kappa shape index (κ2) is 9.02. The maximum absolute atomic E-state index is 11.9. The maximum atomic E-state index is 11.9. The van der Waals surface area contributed by atoms with Gasteiger partial charge in [-0.15, -0.1) is 24.2 Å². The Kier molecular flexibility index (Phi) is 8.54. The number of benzene rings is 1. The molecule has 0 aromatic heterocycles. The minimum Gasteiger partial charge on any atom is -0.493 e. The zero-order valence-corrected chi connectivity index (χ0v) is 14.6. The summed E-state index contributed by atoms with van der Waals surface area (Å²) in [6.07, 6.45) is 1.98. The molecule has 2 N–H and O–H groups in total. The average molecular weight is 335 g/mol. The van der Waals surface area contributed by atoms with Gasteiger partial charge in [0.25, 0.3) is 0 Å². The highest BCUT2D eigenvalue weighted by Gasteiger charge is 2.17. The second-order valence-corrected chi connectivity index (χ2v) is 5.35. The van der Waals surface area contributed by atoms with Crippen LogP contribution in [0, 0.1) is 0 Å². The lowest BCUT2D eigenvalue weighted by Gasteiger charge is -2.21. The van der Waals surface area contributed by atoms with Crippen molar-refractivity contribution in [2.75, 3.05) is 27.5 Å². The molecule has 0 saturated carbocycles. The first-order chi connectivity index (χ1) is 9.44. The van der Waals surface area contributed by atoms with Crippen molar-refractivity contribution in [3.8, 4) is 11.5 Å². The minimum atomic E-state index is -0.502. The van der Waals surface area contributed by atoms with Crippen molar-refractivity contribution in [3.05, 3.63) is 17.7 Å². The Labute approximate surface area is 136 Å². The number of hydrogen-bond donors (Lipinski definition) is 1. The van der Waals surface area contributed by atoms with Gasteiger partial charge in [-0.25, -0.2) is 0 Å². The number of methoxy groups -OCH3 is 2. The summed E-state index contributed by atoms with van der Waals surface area (Å²) in [7, 11) is 4.94. The summed E-state index contributed by atoms with van der Waals surface area (Å²) in [5.41, 5.74) is 6.63. The minimum absolute atomic E-state index is 0. The molecule has 1 rings (SSSR count). The summed E-state index contributed by atoms with van der Waals surface area (Å²) < 4.78 is 10.6. The van der Waals surface area contributed by atoms with E-state index in [9.17, 15) is 4.79 Å². The van der Waals surface area contributed by atoms with Gasteiger partial charge in [0.1, 0.15) is 0 Å². The number of carbonyl (C=O) groups excluding carboxylic acids is 1. The van der Waals surface area contributed by atoms with Gasteiger partial charge in [0.15, 0.2) is 11.5 Å². The van der Waals surface area contributed by atoms with Crippen molar-refractivity contribution < 1.29 is 14.3 Å². The number of rotatable bonds is 6. The first-order valence-electron chi connectivity index (χ1n) is 6.24. The number of thioether (sulfide) groups is 1. The van der Waals surface area contributed by atoms with Crippen molar-refractivity contribution >= 4 is 30.1 Å². The summed E-state index contributed by atoms with van der Waals surface area (Å²) in [5.74, 6) is 1.25. The molecule has 0 aliphatic carbocycles. The van der Waals surface area contributed by atoms with Crippen LogP contribution in [0.3, 0.4) is 0 Å². The van der Waals surface area contributed by atoms with Crippen LogP contribution >= 0.6 is 24.2 Å². The highest BCUT2D eigenvalue weighted by Crippen LogP contribution is 2.35. The molecule has 0 spiro atoms. The van der Waals surface area contributed by atoms with E-state index in [4.69, 9.17) is 15.2 Å². The Morgan fingerprint density at radius 2 is 1.86 bits per heavy atom. The smallest absolute Gasteiger partial charge is 0.239 e. The normalized spacial score (nSPS) is 11.3. The van der Waals surface area contributed by atoms with Crippen LogP contribution in [0.4, 0.5) is 0 Å². The van der Waals surface area contributed by atoms with E-state index >= 15 is 0 Å². The predicted molar refractivity (Wildman–Crippen MR) is 88.7 cm³/mol. The molecule has 0 saturated heterocycles. The van der Waals surface area contributed by atoms with Crippen molar-refractivity contribution in [1.82, 2.24) is 4.90 Å². The lowest BCUT2D eigenvalue weighted by Crippen LogP contribution is -2.39. The molecule has 0 radical (unpaired) electrons. The summed E-state index contributed by atoms with van der Waals surface area (Å²) in [6, 6.07) is 3.32. The second-order valence-electron chi connectivity index (χ2n) is 4.50. The van der Waals surface area contributed by atoms with Crippen LogP contribution in [-0.4, -0.2) is 44.4 Å². The van der Waals surface area contributed by atoms with Crippen LogP contribution in [-0.2, 0) is 11.3 Å². The molecule has 1 atom stereocenters. The number of carbonyl (C=O) groups is 1. The van der Waals surface area contributed by atoms with Crippen LogP contribution in [0.25, 0.3) is 0 Å². The highest BCUT2D eigenvalue weighted by atomic mass is 35.5. The monoisotopic (exact) mass is 334 g/mol. The third kappa shape index (κ3) is 4.98. The third-order valence-corrected chi connectivity index (χ3v) is 3.78. The van der Waals surface area contributed by atoms with Crippen LogP contribution in [0.15, 0.2) is 17.0 Å². The molecule has 0 fully saturated rings. The van der Waals surface area contributed by atoms with E-state index in [1.807, 2.05) is 18.4 Å². The largest absolute Gasteiger partial charge is 0.493 e. The van der Waals surface area contributed by atoms with E-state index in [0.717, 1.165) is 10.5 Å². The fourth-order valence-electron chi connectivity index (χ4n) is 1.90. The van der Waals surface area contributed by atoms with Crippen molar-refractivity contribution in [3.63, 3.8) is 0 Å². The molecule has 5 nitrogen and oxygen atoms in total. The van der Waals surface area contributed by atoms with Crippen LogP contribution in [0.2, 0.25) is 0 Å². The van der Waals surface area contributed by atoms with Crippen molar-refractivity contribution in [1.29, 1.82) is 0 Å². The molecule has 1 amide bonds. The van der Waals surface area contributed by atoms with Gasteiger partial charge >= 0.3 is 0 Å². The Balaban J connectivity index is 0.00000400. The first-order valence-corrected chi connectivity index (χ1v) is 7.46. The SMILES string of the molecule is COc1cc(CN(C)C(=O)[C@@H](C)N)c(SC)cc1OC.Cl. The molecular weight excluding hydrogens is 312 g/mol. The van der Waals surface area contributed by atoms with Gasteiger partial charge < -0.3 is 20.1 Å². The van der Waals surface area contributed by atoms with E-state index in [1.54, 1.807) is 44.9 Å². The third-order valence-electron chi connectivity index (χ3n) is 2.96. The standard InChI is InChI=1S/C14H22N2O3S.ClH/c1-9(15)14(17)16(2)8-10-6-11(18-3)12(19-4)7-13(10)20-5;/h6-7,9H,8,15H2,1-5H3;1H/t9-;/m1./s1. The Hall–Kier alpha value is -1.11. The summed E-state index contributed by atoms with van der Waals surface area (Å²) in [5, 5.41) is 0. The number of likely N-dealkylation sites (N-methyl/N-ethyl adjacent to an activating group) is 1. The molecule has 21 heavy (non-hydrogen) atoms. The number of amides is 1. The molecule has 1 aromatic rings. The van der Waals surface area contributed by atoms with Crippen LogP contribution < -0.4 is 15.2 Å². The maximum Gasteiger partial charge on any atom is 0.239 e. The quantitative estimate of drug-likeness (QED) is 0.808. The van der Waals surface area contributed by atoms with Gasteiger partial charge in [-0.05, 0) is 30.9 Å². The molecule has 1 aromatic carbocycles. The van der Waals surface area contributed by atoms with E-state index in [2.05, 4.69) is 0 Å². The van der Waals surface area contributed by atoms with Crippen LogP contribution in [0.5, 0.6) is 11.5 Å². The lowest BCUT2D eigenvalue weighted by atomic mass is 10.1. The molecule has 120 valence electrons. The van der Waals surface area contributed by atoms with Gasteiger partial charge in [0.05, 0.1) is 20.3 Å². The fraction of sp³-hybridized carbons (Fsp3) is 0.500. The zero-order valence-electron chi connectivity index (χ0n) is 13.0. The van der Waals surface area contributed by atoms with Gasteiger partial charge in [-0.3, -0.25) is 4.79 Å². The predicted octanol–water partition coefficient (Wildman–Crippen LogP) is 2.15. The first kappa shape index (κ1) is 19.9. The Morgan fingerprint density at radius 3 is 2.29 bits per heavy atom. The fourth-order valence-corrected chi connectivity index (χ4v) is 2.51. The average Bonchev–Trinajstić information content (AvgIpc) is 2.45. The number of hydrogen-bond acceptors (Lipinski definition) is 5. The van der Waals surface area contributed by atoms with E-state index in [-0.39, 0.29) is 18.3 Å². The molecule has 0 aliphatic rings. The molecule has 0 bridgehead atoms. The summed E-state index contributed by atoms with van der Waals surface area (Å²) >= 11 is 1.60. The van der Waals surface area contributed by atoms with Gasteiger partial charge in [-0.1, -0.05) is 0 Å². The van der Waals surface area contributed by atoms with E-state index < -0.39 is 6.04 Å². The number of nitrogens with two attached hydrogens (primary N) is 1. The van der Waals surface area contributed by atoms with E-state index in [1.165, 1.54) is 0 Å². The zero-order chi connectivity index (χ0) is 15.3. The number of nitrogens with zero attached hydrogens (tertiary/aromatic N) is 1. The van der Waals surface area contributed by atoms with Crippen molar-refractivity contribution in [2.45, 2.75) is 24.4 Å².